The summed E-state index contributed by atoms with van der Waals surface area (Å²) in [7, 11) is 0. The van der Waals surface area contributed by atoms with E-state index in [0.717, 1.165) is 37.3 Å². The van der Waals surface area contributed by atoms with Crippen LogP contribution in [0.25, 0.3) is 0 Å². The van der Waals surface area contributed by atoms with Gasteiger partial charge in [-0.15, -0.1) is 0 Å². The summed E-state index contributed by atoms with van der Waals surface area (Å²) in [6, 6.07) is 9.85. The van der Waals surface area contributed by atoms with Crippen LogP contribution in [0.3, 0.4) is 0 Å². The Hall–Kier alpha value is -2.67. The van der Waals surface area contributed by atoms with Crippen LogP contribution in [0, 0.1) is 19.3 Å². The van der Waals surface area contributed by atoms with Gasteiger partial charge < -0.3 is 10.6 Å². The van der Waals surface area contributed by atoms with Crippen molar-refractivity contribution in [2.24, 2.45) is 5.41 Å². The predicted molar refractivity (Wildman–Crippen MR) is 119 cm³/mol. The fourth-order valence-corrected chi connectivity index (χ4v) is 5.17. The minimum Gasteiger partial charge on any atom is -0.352 e. The SMILES string of the molecule is CCn1nc(C)c(CN2CC[C@H]3NC(=O)CC[C@]3(C(=O)NCc3ccccc3)C2)c1C. The molecular formula is C24H33N5O2. The van der Waals surface area contributed by atoms with Gasteiger partial charge in [-0.2, -0.15) is 5.10 Å². The van der Waals surface area contributed by atoms with Crippen molar-refractivity contribution in [2.45, 2.75) is 65.7 Å². The molecule has 0 saturated carbocycles. The highest BCUT2D eigenvalue weighted by molar-refractivity contribution is 5.88. The molecule has 7 nitrogen and oxygen atoms in total. The number of nitrogens with zero attached hydrogens (tertiary/aromatic N) is 3. The van der Waals surface area contributed by atoms with Crippen LogP contribution in [0.2, 0.25) is 0 Å². The zero-order valence-corrected chi connectivity index (χ0v) is 18.8. The van der Waals surface area contributed by atoms with Crippen molar-refractivity contribution >= 4 is 11.8 Å². The van der Waals surface area contributed by atoms with Crippen LogP contribution in [0.15, 0.2) is 30.3 Å². The van der Waals surface area contributed by atoms with Gasteiger partial charge in [0.2, 0.25) is 11.8 Å². The third kappa shape index (κ3) is 4.24. The Morgan fingerprint density at radius 2 is 2.06 bits per heavy atom. The number of likely N-dealkylation sites (tertiary alicyclic amines) is 1. The third-order valence-electron chi connectivity index (χ3n) is 7.00. The maximum absolute atomic E-state index is 13.5. The molecule has 1 aromatic heterocycles. The summed E-state index contributed by atoms with van der Waals surface area (Å²) in [6.45, 7) is 9.93. The van der Waals surface area contributed by atoms with Crippen molar-refractivity contribution in [1.29, 1.82) is 0 Å². The molecular weight excluding hydrogens is 390 g/mol. The Bertz CT molecular complexity index is 954. The van der Waals surface area contributed by atoms with Gasteiger partial charge in [0.25, 0.3) is 0 Å². The molecule has 4 rings (SSSR count). The van der Waals surface area contributed by atoms with Crippen molar-refractivity contribution in [3.05, 3.63) is 52.8 Å². The number of benzene rings is 1. The molecule has 3 heterocycles. The first-order chi connectivity index (χ1) is 14.9. The van der Waals surface area contributed by atoms with Gasteiger partial charge in [-0.1, -0.05) is 30.3 Å². The van der Waals surface area contributed by atoms with Gasteiger partial charge in [0.05, 0.1) is 11.1 Å². The maximum atomic E-state index is 13.5. The molecule has 0 unspecified atom stereocenters. The quantitative estimate of drug-likeness (QED) is 0.747. The molecule has 0 aliphatic carbocycles. The summed E-state index contributed by atoms with van der Waals surface area (Å²) >= 11 is 0. The molecule has 2 N–H and O–H groups in total. The minimum atomic E-state index is -0.594. The highest BCUT2D eigenvalue weighted by Crippen LogP contribution is 2.39. The first-order valence-corrected chi connectivity index (χ1v) is 11.3. The van der Waals surface area contributed by atoms with Gasteiger partial charge in [-0.25, -0.2) is 0 Å². The molecule has 2 aromatic rings. The van der Waals surface area contributed by atoms with Crippen LogP contribution < -0.4 is 10.6 Å². The fourth-order valence-electron chi connectivity index (χ4n) is 5.17. The Balaban J connectivity index is 1.53. The molecule has 31 heavy (non-hydrogen) atoms. The average molecular weight is 424 g/mol. The van der Waals surface area contributed by atoms with E-state index in [-0.39, 0.29) is 17.9 Å². The molecule has 1 aromatic carbocycles. The number of carbonyl (C=O) groups excluding carboxylic acids is 2. The van der Waals surface area contributed by atoms with Crippen molar-refractivity contribution < 1.29 is 9.59 Å². The van der Waals surface area contributed by atoms with Crippen molar-refractivity contribution in [2.75, 3.05) is 13.1 Å². The van der Waals surface area contributed by atoms with E-state index in [2.05, 4.69) is 41.4 Å². The van der Waals surface area contributed by atoms with E-state index in [1.54, 1.807) is 0 Å². The monoisotopic (exact) mass is 423 g/mol. The summed E-state index contributed by atoms with van der Waals surface area (Å²) in [4.78, 5) is 28.0. The lowest BCUT2D eigenvalue weighted by Gasteiger charge is -2.49. The Morgan fingerprint density at radius 1 is 1.29 bits per heavy atom. The molecule has 166 valence electrons. The summed E-state index contributed by atoms with van der Waals surface area (Å²) in [5.74, 6) is 0.101. The molecule has 0 spiro atoms. The summed E-state index contributed by atoms with van der Waals surface area (Å²) in [5, 5.41) is 10.9. The number of fused-ring (bicyclic) bond motifs is 1. The Labute approximate surface area is 184 Å². The number of aryl methyl sites for hydroxylation is 2. The number of carbonyl (C=O) groups is 2. The summed E-state index contributed by atoms with van der Waals surface area (Å²) in [6.07, 6.45) is 1.77. The first kappa shape index (κ1) is 21.6. The number of aromatic nitrogens is 2. The lowest BCUT2D eigenvalue weighted by molar-refractivity contribution is -0.144. The normalized spacial score (nSPS) is 23.8. The average Bonchev–Trinajstić information content (AvgIpc) is 3.05. The molecule has 7 heteroatoms. The number of hydrogen-bond acceptors (Lipinski definition) is 4. The number of piperidine rings is 2. The molecule has 2 amide bonds. The molecule has 2 saturated heterocycles. The van der Waals surface area contributed by atoms with E-state index in [1.165, 1.54) is 11.3 Å². The molecule has 0 radical (unpaired) electrons. The van der Waals surface area contributed by atoms with Crippen molar-refractivity contribution in [1.82, 2.24) is 25.3 Å². The summed E-state index contributed by atoms with van der Waals surface area (Å²) in [5.41, 5.74) is 3.99. The van der Waals surface area contributed by atoms with Crippen LogP contribution in [0.4, 0.5) is 0 Å². The number of amides is 2. The second-order valence-electron chi connectivity index (χ2n) is 8.91. The molecule has 2 aliphatic heterocycles. The van der Waals surface area contributed by atoms with E-state index < -0.39 is 5.41 Å². The summed E-state index contributed by atoms with van der Waals surface area (Å²) < 4.78 is 2.04. The van der Waals surface area contributed by atoms with Gasteiger partial charge in [0.1, 0.15) is 0 Å². The van der Waals surface area contributed by atoms with Crippen LogP contribution in [0.1, 0.15) is 48.7 Å². The second-order valence-corrected chi connectivity index (χ2v) is 8.91. The standard InChI is InChI=1S/C24H33N5O2/c1-4-29-18(3)20(17(2)27-29)15-28-13-11-21-24(16-28,12-10-22(30)26-21)23(31)25-14-19-8-6-5-7-9-19/h5-9,21H,4,10-16H2,1-3H3,(H,25,31)(H,26,30)/t21-,24+/m1/s1. The zero-order valence-electron chi connectivity index (χ0n) is 18.8. The van der Waals surface area contributed by atoms with E-state index in [4.69, 9.17) is 0 Å². The van der Waals surface area contributed by atoms with Gasteiger partial charge in [-0.3, -0.25) is 19.2 Å². The first-order valence-electron chi connectivity index (χ1n) is 11.3. The van der Waals surface area contributed by atoms with E-state index in [1.807, 2.05) is 35.0 Å². The van der Waals surface area contributed by atoms with Crippen molar-refractivity contribution in [3.63, 3.8) is 0 Å². The Kier molecular flexibility index (Phi) is 6.14. The van der Waals surface area contributed by atoms with Gasteiger partial charge in [-0.05, 0) is 39.2 Å². The van der Waals surface area contributed by atoms with Crippen LogP contribution in [-0.2, 0) is 29.2 Å². The van der Waals surface area contributed by atoms with Crippen LogP contribution >= 0.6 is 0 Å². The van der Waals surface area contributed by atoms with E-state index >= 15 is 0 Å². The third-order valence-corrected chi connectivity index (χ3v) is 7.00. The lowest BCUT2D eigenvalue weighted by atomic mass is 9.69. The van der Waals surface area contributed by atoms with Gasteiger partial charge in [0.15, 0.2) is 0 Å². The van der Waals surface area contributed by atoms with E-state index in [9.17, 15) is 9.59 Å². The zero-order chi connectivity index (χ0) is 22.0. The largest absolute Gasteiger partial charge is 0.352 e. The maximum Gasteiger partial charge on any atom is 0.229 e. The van der Waals surface area contributed by atoms with Gasteiger partial charge >= 0.3 is 0 Å². The second kappa shape index (κ2) is 8.83. The predicted octanol–water partition coefficient (Wildman–Crippen LogP) is 2.31. The number of rotatable bonds is 6. The van der Waals surface area contributed by atoms with Gasteiger partial charge in [0, 0.05) is 56.4 Å². The smallest absolute Gasteiger partial charge is 0.229 e. The molecule has 2 atom stereocenters. The fraction of sp³-hybridized carbons (Fsp3) is 0.542. The lowest BCUT2D eigenvalue weighted by Crippen LogP contribution is -2.66. The molecule has 0 bridgehead atoms. The number of hydrogen-bond donors (Lipinski definition) is 2. The highest BCUT2D eigenvalue weighted by Gasteiger charge is 2.52. The topological polar surface area (TPSA) is 79.3 Å². The Morgan fingerprint density at radius 3 is 2.77 bits per heavy atom. The van der Waals surface area contributed by atoms with Crippen LogP contribution in [0.5, 0.6) is 0 Å². The molecule has 2 fully saturated rings. The molecule has 2 aliphatic rings. The van der Waals surface area contributed by atoms with Crippen molar-refractivity contribution in [3.8, 4) is 0 Å². The number of nitrogens with one attached hydrogen (secondary N) is 2. The van der Waals surface area contributed by atoms with Crippen LogP contribution in [-0.4, -0.2) is 45.6 Å². The van der Waals surface area contributed by atoms with E-state index in [0.29, 0.717) is 25.9 Å². The minimum absolute atomic E-state index is 0.0451. The highest BCUT2D eigenvalue weighted by atomic mass is 16.2.